The molecule has 0 bridgehead atoms. The van der Waals surface area contributed by atoms with E-state index in [1.165, 1.54) is 11.1 Å². The van der Waals surface area contributed by atoms with Gasteiger partial charge >= 0.3 is 0 Å². The van der Waals surface area contributed by atoms with Crippen molar-refractivity contribution in [1.29, 1.82) is 0 Å². The molecule has 0 aliphatic heterocycles. The maximum Gasteiger partial charge on any atom is 0.191 e. The highest BCUT2D eigenvalue weighted by Gasteiger charge is 2.07. The zero-order valence-electron chi connectivity index (χ0n) is 15.1. The van der Waals surface area contributed by atoms with Crippen molar-refractivity contribution in [2.24, 2.45) is 4.99 Å². The number of guanidine groups is 1. The molecule has 0 amide bonds. The van der Waals surface area contributed by atoms with Crippen LogP contribution >= 0.6 is 11.3 Å². The Morgan fingerprint density at radius 2 is 2.08 bits per heavy atom. The molecule has 0 aliphatic rings. The summed E-state index contributed by atoms with van der Waals surface area (Å²) in [6, 6.07) is 16.6. The fraction of sp³-hybridized carbons (Fsp3) is 0.238. The number of rotatable bonds is 6. The summed E-state index contributed by atoms with van der Waals surface area (Å²) < 4.78 is 0. The lowest BCUT2D eigenvalue weighted by molar-refractivity contribution is 0.701. The first kappa shape index (κ1) is 18.1. The summed E-state index contributed by atoms with van der Waals surface area (Å²) in [6.07, 6.45) is 1.82. The number of thiophene rings is 1. The van der Waals surface area contributed by atoms with E-state index in [1.807, 2.05) is 24.4 Å². The lowest BCUT2D eigenvalue weighted by Gasteiger charge is -2.15. The number of aliphatic imine (C=N–C) groups is 1. The predicted molar refractivity (Wildman–Crippen MR) is 111 cm³/mol. The minimum atomic E-state index is 0.451. The largest absolute Gasteiger partial charge is 0.356 e. The molecule has 0 radical (unpaired) electrons. The molecule has 26 heavy (non-hydrogen) atoms. The second kappa shape index (κ2) is 9.15. The zero-order valence-corrected chi connectivity index (χ0v) is 16.0. The summed E-state index contributed by atoms with van der Waals surface area (Å²) >= 11 is 1.74. The molecule has 5 heteroatoms. The van der Waals surface area contributed by atoms with E-state index in [0.717, 1.165) is 23.8 Å². The molecule has 4 nitrogen and oxygen atoms in total. The molecular formula is C21H24N4S. The fourth-order valence-corrected chi connectivity index (χ4v) is 3.49. The number of aromatic nitrogens is 1. The molecule has 0 saturated carbocycles. The van der Waals surface area contributed by atoms with Crippen molar-refractivity contribution in [3.63, 3.8) is 0 Å². The first-order valence-electron chi connectivity index (χ1n) is 8.73. The van der Waals surface area contributed by atoms with Crippen LogP contribution in [-0.2, 0) is 6.54 Å². The summed E-state index contributed by atoms with van der Waals surface area (Å²) in [7, 11) is 1.80. The number of nitrogens with zero attached hydrogens (tertiary/aromatic N) is 2. The van der Waals surface area contributed by atoms with E-state index in [1.54, 1.807) is 18.4 Å². The second-order valence-electron chi connectivity index (χ2n) is 6.18. The molecule has 0 aliphatic carbocycles. The molecule has 3 aromatic rings. The summed E-state index contributed by atoms with van der Waals surface area (Å²) in [4.78, 5) is 8.74. The van der Waals surface area contributed by atoms with Crippen LogP contribution in [0.5, 0.6) is 0 Å². The standard InChI is InChI=1S/C21H24N4S/c1-16(19-9-11-26-15-19)13-24-21(22-2)25-14-17-6-5-7-18(12-17)20-8-3-4-10-23-20/h3-12,15-16H,13-14H2,1-2H3,(H2,22,24,25). The topological polar surface area (TPSA) is 49.3 Å². The third kappa shape index (κ3) is 4.92. The van der Waals surface area contributed by atoms with Crippen LogP contribution in [0.25, 0.3) is 11.3 Å². The SMILES string of the molecule is CN=C(NCc1cccc(-c2ccccn2)c1)NCC(C)c1ccsc1. The summed E-state index contributed by atoms with van der Waals surface area (Å²) in [5.41, 5.74) is 4.67. The quantitative estimate of drug-likeness (QED) is 0.507. The van der Waals surface area contributed by atoms with Gasteiger partial charge in [0.25, 0.3) is 0 Å². The summed E-state index contributed by atoms with van der Waals surface area (Å²) in [5.74, 6) is 1.27. The Kier molecular flexibility index (Phi) is 6.39. The van der Waals surface area contributed by atoms with Gasteiger partial charge in [0, 0.05) is 31.9 Å². The smallest absolute Gasteiger partial charge is 0.191 e. The average Bonchev–Trinajstić information content (AvgIpc) is 3.24. The van der Waals surface area contributed by atoms with Gasteiger partial charge in [0.1, 0.15) is 0 Å². The Bertz CT molecular complexity index is 828. The predicted octanol–water partition coefficient (Wildman–Crippen LogP) is 4.28. The van der Waals surface area contributed by atoms with Crippen LogP contribution in [0.3, 0.4) is 0 Å². The summed E-state index contributed by atoms with van der Waals surface area (Å²) in [6.45, 7) is 3.79. The van der Waals surface area contributed by atoms with Crippen LogP contribution in [0.1, 0.15) is 24.0 Å². The molecule has 0 saturated heterocycles. The molecule has 2 aromatic heterocycles. The first-order valence-corrected chi connectivity index (χ1v) is 9.67. The van der Waals surface area contributed by atoms with Crippen molar-refractivity contribution in [2.45, 2.75) is 19.4 Å². The third-order valence-electron chi connectivity index (χ3n) is 4.26. The van der Waals surface area contributed by atoms with Gasteiger partial charge in [-0.3, -0.25) is 9.98 Å². The van der Waals surface area contributed by atoms with Gasteiger partial charge in [-0.2, -0.15) is 11.3 Å². The van der Waals surface area contributed by atoms with Crippen LogP contribution in [0, 0.1) is 0 Å². The van der Waals surface area contributed by atoms with E-state index in [-0.39, 0.29) is 0 Å². The van der Waals surface area contributed by atoms with Crippen molar-refractivity contribution in [1.82, 2.24) is 15.6 Å². The Balaban J connectivity index is 1.55. The van der Waals surface area contributed by atoms with E-state index in [4.69, 9.17) is 0 Å². The van der Waals surface area contributed by atoms with Gasteiger partial charge in [-0.15, -0.1) is 0 Å². The van der Waals surface area contributed by atoms with E-state index in [0.29, 0.717) is 12.5 Å². The number of hydrogen-bond acceptors (Lipinski definition) is 3. The average molecular weight is 365 g/mol. The van der Waals surface area contributed by atoms with Gasteiger partial charge in [-0.1, -0.05) is 31.2 Å². The van der Waals surface area contributed by atoms with Gasteiger partial charge in [0.15, 0.2) is 5.96 Å². The molecule has 1 aromatic carbocycles. The van der Waals surface area contributed by atoms with Crippen molar-refractivity contribution in [2.75, 3.05) is 13.6 Å². The number of nitrogens with one attached hydrogen (secondary N) is 2. The van der Waals surface area contributed by atoms with Crippen LogP contribution in [-0.4, -0.2) is 24.5 Å². The highest BCUT2D eigenvalue weighted by Crippen LogP contribution is 2.18. The molecule has 0 spiro atoms. The molecule has 1 atom stereocenters. The maximum absolute atomic E-state index is 4.42. The number of pyridine rings is 1. The Morgan fingerprint density at radius 3 is 2.81 bits per heavy atom. The fourth-order valence-electron chi connectivity index (χ4n) is 2.70. The third-order valence-corrected chi connectivity index (χ3v) is 4.96. The minimum absolute atomic E-state index is 0.451. The minimum Gasteiger partial charge on any atom is -0.356 e. The van der Waals surface area contributed by atoms with Crippen molar-refractivity contribution in [3.8, 4) is 11.3 Å². The van der Waals surface area contributed by atoms with Crippen LogP contribution < -0.4 is 10.6 Å². The lowest BCUT2D eigenvalue weighted by atomic mass is 10.1. The molecule has 2 N–H and O–H groups in total. The Morgan fingerprint density at radius 1 is 1.15 bits per heavy atom. The molecule has 134 valence electrons. The van der Waals surface area contributed by atoms with Crippen LogP contribution in [0.4, 0.5) is 0 Å². The van der Waals surface area contributed by atoms with Gasteiger partial charge in [-0.25, -0.2) is 0 Å². The Labute approximate surface area is 159 Å². The zero-order chi connectivity index (χ0) is 18.2. The van der Waals surface area contributed by atoms with Gasteiger partial charge < -0.3 is 10.6 Å². The van der Waals surface area contributed by atoms with Crippen LogP contribution in [0.2, 0.25) is 0 Å². The molecule has 3 rings (SSSR count). The van der Waals surface area contributed by atoms with Gasteiger partial charge in [0.05, 0.1) is 5.69 Å². The van der Waals surface area contributed by atoms with E-state index in [9.17, 15) is 0 Å². The molecule has 2 heterocycles. The lowest BCUT2D eigenvalue weighted by Crippen LogP contribution is -2.38. The molecule has 0 fully saturated rings. The second-order valence-corrected chi connectivity index (χ2v) is 6.96. The highest BCUT2D eigenvalue weighted by molar-refractivity contribution is 7.07. The molecular weight excluding hydrogens is 340 g/mol. The molecule has 1 unspecified atom stereocenters. The monoisotopic (exact) mass is 364 g/mol. The van der Waals surface area contributed by atoms with Crippen molar-refractivity contribution in [3.05, 3.63) is 76.6 Å². The van der Waals surface area contributed by atoms with E-state index >= 15 is 0 Å². The van der Waals surface area contributed by atoms with Crippen molar-refractivity contribution < 1.29 is 0 Å². The van der Waals surface area contributed by atoms with E-state index in [2.05, 4.69) is 68.6 Å². The summed E-state index contributed by atoms with van der Waals surface area (Å²) in [5, 5.41) is 11.1. The maximum atomic E-state index is 4.42. The van der Waals surface area contributed by atoms with E-state index < -0.39 is 0 Å². The normalized spacial score (nSPS) is 12.6. The van der Waals surface area contributed by atoms with Gasteiger partial charge in [-0.05, 0) is 52.1 Å². The number of benzene rings is 1. The van der Waals surface area contributed by atoms with Crippen LogP contribution in [0.15, 0.2) is 70.5 Å². The van der Waals surface area contributed by atoms with Crippen molar-refractivity contribution >= 4 is 17.3 Å². The van der Waals surface area contributed by atoms with Gasteiger partial charge in [0.2, 0.25) is 0 Å². The Hall–Kier alpha value is -2.66. The first-order chi connectivity index (χ1) is 12.8. The highest BCUT2D eigenvalue weighted by atomic mass is 32.1. The number of hydrogen-bond donors (Lipinski definition) is 2.